The largest absolute Gasteiger partial charge is 0.299 e. The second kappa shape index (κ2) is 4.56. The highest BCUT2D eigenvalue weighted by Gasteiger charge is 1.93. The maximum absolute atomic E-state index is 10.1. The number of allylic oxidation sites excluding steroid dienone is 2. The van der Waals surface area contributed by atoms with Crippen molar-refractivity contribution in [2.75, 3.05) is 0 Å². The average Bonchev–Trinajstić information content (AvgIpc) is 2.29. The summed E-state index contributed by atoms with van der Waals surface area (Å²) in [6, 6.07) is 14.6. The van der Waals surface area contributed by atoms with E-state index in [0.717, 1.165) is 12.7 Å². The van der Waals surface area contributed by atoms with Crippen molar-refractivity contribution >= 4 is 17.1 Å². The molecule has 0 spiro atoms. The summed E-state index contributed by atoms with van der Waals surface area (Å²) in [5, 5.41) is 2.50. The minimum absolute atomic E-state index is 0.807. The van der Waals surface area contributed by atoms with Gasteiger partial charge in [0.1, 0.15) is 6.29 Å². The molecule has 0 saturated heterocycles. The van der Waals surface area contributed by atoms with Crippen LogP contribution in [-0.4, -0.2) is 6.29 Å². The zero-order valence-electron chi connectivity index (χ0n) is 8.39. The Morgan fingerprint density at radius 1 is 1.00 bits per heavy atom. The zero-order chi connectivity index (χ0) is 10.5. The first kappa shape index (κ1) is 9.66. The van der Waals surface area contributed by atoms with Crippen molar-refractivity contribution in [1.29, 1.82) is 0 Å². The van der Waals surface area contributed by atoms with Crippen molar-refractivity contribution in [2.45, 2.75) is 6.42 Å². The number of fused-ring (bicyclic) bond motifs is 1. The summed E-state index contributed by atoms with van der Waals surface area (Å²) in [7, 11) is 0. The van der Waals surface area contributed by atoms with Crippen LogP contribution >= 0.6 is 0 Å². The molecule has 15 heavy (non-hydrogen) atoms. The molecule has 0 radical (unpaired) electrons. The van der Waals surface area contributed by atoms with Gasteiger partial charge < -0.3 is 0 Å². The Kier molecular flexibility index (Phi) is 2.93. The highest BCUT2D eigenvalue weighted by atomic mass is 16.1. The number of benzene rings is 2. The Hall–Kier alpha value is -1.89. The van der Waals surface area contributed by atoms with Gasteiger partial charge >= 0.3 is 0 Å². The monoisotopic (exact) mass is 196 g/mol. The second-order valence-corrected chi connectivity index (χ2v) is 3.45. The molecular weight excluding hydrogens is 184 g/mol. The Balaban J connectivity index is 2.30. The first-order valence-electron chi connectivity index (χ1n) is 4.98. The lowest BCUT2D eigenvalue weighted by Crippen LogP contribution is -1.81. The topological polar surface area (TPSA) is 17.1 Å². The van der Waals surface area contributed by atoms with E-state index in [1.807, 2.05) is 18.2 Å². The van der Waals surface area contributed by atoms with Crippen molar-refractivity contribution in [2.24, 2.45) is 0 Å². The minimum Gasteiger partial charge on any atom is -0.299 e. The molecule has 1 nitrogen and oxygen atoms in total. The van der Waals surface area contributed by atoms with Crippen molar-refractivity contribution in [3.05, 3.63) is 60.2 Å². The van der Waals surface area contributed by atoms with Crippen LogP contribution in [0.15, 0.2) is 54.6 Å². The molecule has 0 saturated carbocycles. The van der Waals surface area contributed by atoms with Gasteiger partial charge in [0.2, 0.25) is 0 Å². The lowest BCUT2D eigenvalue weighted by molar-refractivity contribution is -0.104. The molecule has 0 aromatic heterocycles. The van der Waals surface area contributed by atoms with Gasteiger partial charge in [-0.15, -0.1) is 0 Å². The van der Waals surface area contributed by atoms with E-state index in [9.17, 15) is 4.79 Å². The SMILES string of the molecule is O=C/C=C/Cc1ccc2ccccc2c1. The molecule has 0 aliphatic carbocycles. The minimum atomic E-state index is 0.807. The van der Waals surface area contributed by atoms with E-state index in [-0.39, 0.29) is 0 Å². The van der Waals surface area contributed by atoms with Gasteiger partial charge in [-0.3, -0.25) is 4.79 Å². The normalized spacial score (nSPS) is 10.9. The summed E-state index contributed by atoms with van der Waals surface area (Å²) in [4.78, 5) is 10.1. The van der Waals surface area contributed by atoms with Crippen LogP contribution in [0.25, 0.3) is 10.8 Å². The van der Waals surface area contributed by atoms with Crippen molar-refractivity contribution in [3.63, 3.8) is 0 Å². The van der Waals surface area contributed by atoms with Crippen LogP contribution < -0.4 is 0 Å². The summed E-state index contributed by atoms with van der Waals surface area (Å²) in [6.07, 6.45) is 5.02. The highest BCUT2D eigenvalue weighted by molar-refractivity contribution is 5.83. The average molecular weight is 196 g/mol. The van der Waals surface area contributed by atoms with Gasteiger partial charge in [0.25, 0.3) is 0 Å². The molecule has 1 heteroatoms. The molecule has 0 aliphatic heterocycles. The van der Waals surface area contributed by atoms with Crippen molar-refractivity contribution < 1.29 is 4.79 Å². The molecule has 0 aliphatic rings. The Labute approximate surface area is 89.0 Å². The van der Waals surface area contributed by atoms with E-state index in [0.29, 0.717) is 0 Å². The van der Waals surface area contributed by atoms with Gasteiger partial charge in [0.15, 0.2) is 0 Å². The number of carbonyl (C=O) groups excluding carboxylic acids is 1. The molecule has 0 N–H and O–H groups in total. The summed E-state index contributed by atoms with van der Waals surface area (Å²) < 4.78 is 0. The second-order valence-electron chi connectivity index (χ2n) is 3.45. The first-order chi connectivity index (χ1) is 7.40. The molecule has 0 unspecified atom stereocenters. The number of hydrogen-bond donors (Lipinski definition) is 0. The van der Waals surface area contributed by atoms with Crippen LogP contribution in [0.1, 0.15) is 5.56 Å². The maximum Gasteiger partial charge on any atom is 0.142 e. The van der Waals surface area contributed by atoms with Crippen molar-refractivity contribution in [1.82, 2.24) is 0 Å². The predicted octanol–water partition coefficient (Wildman–Crippen LogP) is 3.14. The Morgan fingerprint density at radius 2 is 1.80 bits per heavy atom. The number of carbonyl (C=O) groups is 1. The van der Waals surface area contributed by atoms with E-state index in [1.165, 1.54) is 22.4 Å². The van der Waals surface area contributed by atoms with Gasteiger partial charge in [0, 0.05) is 0 Å². The summed E-state index contributed by atoms with van der Waals surface area (Å²) in [5.74, 6) is 0. The van der Waals surface area contributed by atoms with E-state index in [4.69, 9.17) is 0 Å². The summed E-state index contributed by atoms with van der Waals surface area (Å²) in [5.41, 5.74) is 1.23. The Morgan fingerprint density at radius 3 is 2.60 bits per heavy atom. The molecular formula is C14H12O. The number of hydrogen-bond acceptors (Lipinski definition) is 1. The van der Waals surface area contributed by atoms with Crippen LogP contribution in [0.2, 0.25) is 0 Å². The number of rotatable bonds is 3. The lowest BCUT2D eigenvalue weighted by atomic mass is 10.1. The molecule has 0 fully saturated rings. The highest BCUT2D eigenvalue weighted by Crippen LogP contribution is 2.15. The van der Waals surface area contributed by atoms with E-state index < -0.39 is 0 Å². The summed E-state index contributed by atoms with van der Waals surface area (Å²) >= 11 is 0. The summed E-state index contributed by atoms with van der Waals surface area (Å²) in [6.45, 7) is 0. The van der Waals surface area contributed by atoms with Crippen LogP contribution in [0.4, 0.5) is 0 Å². The molecule has 2 aromatic rings. The van der Waals surface area contributed by atoms with Gasteiger partial charge in [0.05, 0.1) is 0 Å². The van der Waals surface area contributed by atoms with Gasteiger partial charge in [-0.25, -0.2) is 0 Å². The van der Waals surface area contributed by atoms with E-state index in [1.54, 1.807) is 0 Å². The third-order valence-electron chi connectivity index (χ3n) is 2.38. The number of aldehydes is 1. The molecule has 74 valence electrons. The molecule has 0 heterocycles. The van der Waals surface area contributed by atoms with Crippen molar-refractivity contribution in [3.8, 4) is 0 Å². The molecule has 2 aromatic carbocycles. The van der Waals surface area contributed by atoms with Gasteiger partial charge in [-0.1, -0.05) is 48.5 Å². The quantitative estimate of drug-likeness (QED) is 0.544. The standard InChI is InChI=1S/C14H12O/c15-10-4-3-5-12-8-9-13-6-1-2-7-14(13)11-12/h1-4,6-11H,5H2/b4-3+. The predicted molar refractivity (Wildman–Crippen MR) is 62.9 cm³/mol. The van der Waals surface area contributed by atoms with Crippen LogP contribution in [0.3, 0.4) is 0 Å². The Bertz CT molecular complexity index is 497. The van der Waals surface area contributed by atoms with Gasteiger partial charge in [-0.2, -0.15) is 0 Å². The lowest BCUT2D eigenvalue weighted by Gasteiger charge is -2.00. The van der Waals surface area contributed by atoms with Crippen LogP contribution in [-0.2, 0) is 11.2 Å². The molecule has 0 amide bonds. The van der Waals surface area contributed by atoms with Crippen LogP contribution in [0, 0.1) is 0 Å². The van der Waals surface area contributed by atoms with E-state index >= 15 is 0 Å². The fraction of sp³-hybridized carbons (Fsp3) is 0.0714. The van der Waals surface area contributed by atoms with Gasteiger partial charge in [-0.05, 0) is 28.8 Å². The molecule has 0 atom stereocenters. The third kappa shape index (κ3) is 2.32. The smallest absolute Gasteiger partial charge is 0.142 e. The zero-order valence-corrected chi connectivity index (χ0v) is 8.39. The fourth-order valence-corrected chi connectivity index (χ4v) is 1.63. The third-order valence-corrected chi connectivity index (χ3v) is 2.38. The van der Waals surface area contributed by atoms with Crippen LogP contribution in [0.5, 0.6) is 0 Å². The molecule has 2 rings (SSSR count). The molecule has 0 bridgehead atoms. The fourth-order valence-electron chi connectivity index (χ4n) is 1.63. The maximum atomic E-state index is 10.1. The van der Waals surface area contributed by atoms with E-state index in [2.05, 4.69) is 30.3 Å². The first-order valence-corrected chi connectivity index (χ1v) is 4.98.